The first-order valence-corrected chi connectivity index (χ1v) is 7.93. The summed E-state index contributed by atoms with van der Waals surface area (Å²) in [6.45, 7) is 4.80. The van der Waals surface area contributed by atoms with Gasteiger partial charge in [0.25, 0.3) is 5.91 Å². The molecular weight excluding hydrogens is 300 g/mol. The quantitative estimate of drug-likeness (QED) is 0.852. The monoisotopic (exact) mass is 320 g/mol. The Labute approximate surface area is 134 Å². The van der Waals surface area contributed by atoms with E-state index in [-0.39, 0.29) is 11.9 Å². The van der Waals surface area contributed by atoms with E-state index in [4.69, 9.17) is 9.47 Å². The minimum atomic E-state index is -0.215. The predicted molar refractivity (Wildman–Crippen MR) is 86.5 cm³/mol. The number of aromatic nitrogens is 1. The van der Waals surface area contributed by atoms with E-state index in [2.05, 4.69) is 9.69 Å². The number of ether oxygens (including phenoxy) is 2. The lowest BCUT2D eigenvalue weighted by Crippen LogP contribution is -2.31. The van der Waals surface area contributed by atoms with Crippen LogP contribution in [0.2, 0.25) is 0 Å². The zero-order valence-electron chi connectivity index (χ0n) is 13.0. The lowest BCUT2D eigenvalue weighted by atomic mass is 10.1. The minimum absolute atomic E-state index is 0.137. The maximum atomic E-state index is 12.3. The molecule has 22 heavy (non-hydrogen) atoms. The molecule has 0 aliphatic carbocycles. The number of hydrogen-bond donors (Lipinski definition) is 1. The molecule has 1 aromatic carbocycles. The number of benzene rings is 1. The molecule has 1 atom stereocenters. The Morgan fingerprint density at radius 2 is 2.09 bits per heavy atom. The van der Waals surface area contributed by atoms with Crippen LogP contribution < -0.4 is 10.1 Å². The van der Waals surface area contributed by atoms with Crippen LogP contribution in [0.1, 0.15) is 34.6 Å². The largest absolute Gasteiger partial charge is 0.494 e. The summed E-state index contributed by atoms with van der Waals surface area (Å²) in [7, 11) is 1.62. The van der Waals surface area contributed by atoms with Gasteiger partial charge in [0, 0.05) is 12.5 Å². The zero-order valence-corrected chi connectivity index (χ0v) is 13.8. The van der Waals surface area contributed by atoms with Crippen molar-refractivity contribution in [2.75, 3.05) is 20.3 Å². The summed E-state index contributed by atoms with van der Waals surface area (Å²) in [5, 5.41) is 4.75. The Morgan fingerprint density at radius 1 is 1.36 bits per heavy atom. The van der Waals surface area contributed by atoms with E-state index in [1.165, 1.54) is 11.5 Å². The third kappa shape index (κ3) is 4.05. The molecular formula is C16H20N2O3S. The van der Waals surface area contributed by atoms with Gasteiger partial charge in [-0.2, -0.15) is 4.37 Å². The normalized spacial score (nSPS) is 12.0. The molecule has 118 valence electrons. The van der Waals surface area contributed by atoms with Crippen LogP contribution in [-0.4, -0.2) is 30.6 Å². The van der Waals surface area contributed by atoms with E-state index in [0.29, 0.717) is 18.8 Å². The molecule has 1 aromatic heterocycles. The van der Waals surface area contributed by atoms with E-state index < -0.39 is 0 Å². The fourth-order valence-corrected chi connectivity index (χ4v) is 2.79. The second kappa shape index (κ2) is 7.91. The van der Waals surface area contributed by atoms with Crippen molar-refractivity contribution in [3.8, 4) is 5.75 Å². The van der Waals surface area contributed by atoms with Crippen molar-refractivity contribution in [1.82, 2.24) is 9.69 Å². The molecule has 6 heteroatoms. The van der Waals surface area contributed by atoms with Gasteiger partial charge in [-0.15, -0.1) is 0 Å². The lowest BCUT2D eigenvalue weighted by molar-refractivity contribution is 0.0896. The molecule has 0 spiro atoms. The maximum Gasteiger partial charge on any atom is 0.254 e. The number of aryl methyl sites for hydroxylation is 1. The Balaban J connectivity index is 2.12. The fourth-order valence-electron chi connectivity index (χ4n) is 2.10. The van der Waals surface area contributed by atoms with E-state index in [1.807, 2.05) is 38.1 Å². The van der Waals surface area contributed by atoms with Gasteiger partial charge in [0.05, 0.1) is 30.5 Å². The standard InChI is InChI=1S/C16H20N2O3S/c1-4-21-13-7-5-12(6-8-13)15(9-20-3)17-16(19)14-10-22-18-11(14)2/h5-8,10,15H,4,9H2,1-3H3,(H,17,19)/t15-/m1/s1. The van der Waals surface area contributed by atoms with Gasteiger partial charge in [0.1, 0.15) is 5.75 Å². The van der Waals surface area contributed by atoms with Crippen LogP contribution >= 0.6 is 11.5 Å². The topological polar surface area (TPSA) is 60.5 Å². The van der Waals surface area contributed by atoms with Crippen molar-refractivity contribution in [2.45, 2.75) is 19.9 Å². The van der Waals surface area contributed by atoms with Gasteiger partial charge in [0.15, 0.2) is 0 Å². The number of nitrogens with one attached hydrogen (secondary N) is 1. The highest BCUT2D eigenvalue weighted by atomic mass is 32.1. The van der Waals surface area contributed by atoms with Gasteiger partial charge < -0.3 is 14.8 Å². The lowest BCUT2D eigenvalue weighted by Gasteiger charge is -2.18. The molecule has 0 radical (unpaired) electrons. The highest BCUT2D eigenvalue weighted by Crippen LogP contribution is 2.19. The van der Waals surface area contributed by atoms with E-state index >= 15 is 0 Å². The zero-order chi connectivity index (χ0) is 15.9. The van der Waals surface area contributed by atoms with E-state index in [9.17, 15) is 4.79 Å². The average Bonchev–Trinajstić information content (AvgIpc) is 2.94. The third-order valence-corrected chi connectivity index (χ3v) is 3.95. The van der Waals surface area contributed by atoms with Crippen molar-refractivity contribution < 1.29 is 14.3 Å². The molecule has 0 saturated heterocycles. The van der Waals surface area contributed by atoms with Crippen LogP contribution in [0.15, 0.2) is 29.6 Å². The second-order valence-corrected chi connectivity index (χ2v) is 5.43. The summed E-state index contributed by atoms with van der Waals surface area (Å²) in [5.74, 6) is 0.675. The molecule has 5 nitrogen and oxygen atoms in total. The van der Waals surface area contributed by atoms with Gasteiger partial charge >= 0.3 is 0 Å². The van der Waals surface area contributed by atoms with Crippen molar-refractivity contribution >= 4 is 17.4 Å². The molecule has 1 N–H and O–H groups in total. The SMILES string of the molecule is CCOc1ccc([C@@H](COC)NC(=O)c2csnc2C)cc1. The highest BCUT2D eigenvalue weighted by molar-refractivity contribution is 7.03. The molecule has 2 rings (SSSR count). The summed E-state index contributed by atoms with van der Waals surface area (Å²) < 4.78 is 14.8. The van der Waals surface area contributed by atoms with E-state index in [0.717, 1.165) is 17.0 Å². The van der Waals surface area contributed by atoms with Crippen LogP contribution in [0.5, 0.6) is 5.75 Å². The summed E-state index contributed by atoms with van der Waals surface area (Å²) in [5.41, 5.74) is 2.32. The van der Waals surface area contributed by atoms with Gasteiger partial charge in [-0.05, 0) is 43.1 Å². The number of carbonyl (C=O) groups is 1. The highest BCUT2D eigenvalue weighted by Gasteiger charge is 2.18. The van der Waals surface area contributed by atoms with Crippen molar-refractivity contribution in [1.29, 1.82) is 0 Å². The van der Waals surface area contributed by atoms with Crippen molar-refractivity contribution in [2.24, 2.45) is 0 Å². The summed E-state index contributed by atoms with van der Waals surface area (Å²) in [6, 6.07) is 7.45. The molecule has 0 unspecified atom stereocenters. The molecule has 0 saturated carbocycles. The molecule has 0 aliphatic heterocycles. The van der Waals surface area contributed by atoms with Crippen LogP contribution in [-0.2, 0) is 4.74 Å². The Kier molecular flexibility index (Phi) is 5.91. The number of rotatable bonds is 7. The van der Waals surface area contributed by atoms with Crippen LogP contribution in [0.25, 0.3) is 0 Å². The maximum absolute atomic E-state index is 12.3. The van der Waals surface area contributed by atoms with Gasteiger partial charge in [0.2, 0.25) is 0 Å². The van der Waals surface area contributed by atoms with E-state index in [1.54, 1.807) is 12.5 Å². The molecule has 1 amide bonds. The fraction of sp³-hybridized carbons (Fsp3) is 0.375. The second-order valence-electron chi connectivity index (χ2n) is 4.80. The molecule has 2 aromatic rings. The van der Waals surface area contributed by atoms with Crippen molar-refractivity contribution in [3.63, 3.8) is 0 Å². The van der Waals surface area contributed by atoms with Gasteiger partial charge in [-0.1, -0.05) is 12.1 Å². The van der Waals surface area contributed by atoms with Gasteiger partial charge in [-0.25, -0.2) is 0 Å². The van der Waals surface area contributed by atoms with Crippen LogP contribution in [0, 0.1) is 6.92 Å². The number of hydrogen-bond acceptors (Lipinski definition) is 5. The first-order valence-electron chi connectivity index (χ1n) is 7.09. The number of nitrogens with zero attached hydrogens (tertiary/aromatic N) is 1. The molecule has 0 aliphatic rings. The number of amides is 1. The molecule has 1 heterocycles. The van der Waals surface area contributed by atoms with Crippen LogP contribution in [0.4, 0.5) is 0 Å². The predicted octanol–water partition coefficient (Wildman–Crippen LogP) is 2.97. The first-order chi connectivity index (χ1) is 10.7. The third-order valence-electron chi connectivity index (χ3n) is 3.23. The smallest absolute Gasteiger partial charge is 0.254 e. The van der Waals surface area contributed by atoms with Crippen LogP contribution in [0.3, 0.4) is 0 Å². The minimum Gasteiger partial charge on any atom is -0.494 e. The summed E-state index contributed by atoms with van der Waals surface area (Å²) in [6.07, 6.45) is 0. The van der Waals surface area contributed by atoms with Crippen molar-refractivity contribution in [3.05, 3.63) is 46.5 Å². The molecule has 0 bridgehead atoms. The summed E-state index contributed by atoms with van der Waals surface area (Å²) >= 11 is 1.28. The Hall–Kier alpha value is -1.92. The van der Waals surface area contributed by atoms with Gasteiger partial charge in [-0.3, -0.25) is 4.79 Å². The molecule has 0 fully saturated rings. The summed E-state index contributed by atoms with van der Waals surface area (Å²) in [4.78, 5) is 12.3. The average molecular weight is 320 g/mol. The Bertz CT molecular complexity index is 610. The number of methoxy groups -OCH3 is 1. The number of carbonyl (C=O) groups excluding carboxylic acids is 1. The Morgan fingerprint density at radius 3 is 2.64 bits per heavy atom. The first kappa shape index (κ1) is 16.5.